The number of urea groups is 1. The number of fused-ring (bicyclic) bond motifs is 1. The molecule has 0 radical (unpaired) electrons. The Morgan fingerprint density at radius 2 is 2.21 bits per heavy atom. The summed E-state index contributed by atoms with van der Waals surface area (Å²) in [5, 5.41) is 2.86. The molecule has 3 heterocycles. The van der Waals surface area contributed by atoms with Crippen molar-refractivity contribution in [3.8, 4) is 0 Å². The lowest BCUT2D eigenvalue weighted by molar-refractivity contribution is -0.132. The lowest BCUT2D eigenvalue weighted by Crippen LogP contribution is -2.52. The van der Waals surface area contributed by atoms with Gasteiger partial charge in [0.1, 0.15) is 0 Å². The maximum Gasteiger partial charge on any atom is 0.317 e. The molecule has 6 heteroatoms. The third kappa shape index (κ3) is 2.88. The summed E-state index contributed by atoms with van der Waals surface area (Å²) in [7, 11) is 0. The predicted octanol–water partition coefficient (Wildman–Crippen LogP) is 2.03. The summed E-state index contributed by atoms with van der Waals surface area (Å²) in [5.41, 5.74) is 2.53. The molecule has 2 unspecified atom stereocenters. The molecule has 0 saturated carbocycles. The monoisotopic (exact) mass is 345 g/mol. The van der Waals surface area contributed by atoms with Gasteiger partial charge in [0.05, 0.1) is 11.3 Å². The number of carbonyl (C=O) groups excluding carboxylic acids is 2. The molecule has 3 aliphatic heterocycles. The van der Waals surface area contributed by atoms with Gasteiger partial charge in [0.2, 0.25) is 5.91 Å². The molecule has 0 aromatic heterocycles. The van der Waals surface area contributed by atoms with Gasteiger partial charge >= 0.3 is 6.03 Å². The molecule has 128 valence electrons. The quantitative estimate of drug-likeness (QED) is 0.892. The molecule has 1 aromatic carbocycles. The standard InChI is InChI=1S/C18H23N3O2S/c1-12-4-5-13-10-16(24-15(13)9-12)17(22)20-7-2-3-14(11-20)21-8-6-19-18(21)23/h4-5,9,14,16H,2-3,6-8,10-11H2,1H3,(H,19,23). The second kappa shape index (κ2) is 6.31. The summed E-state index contributed by atoms with van der Waals surface area (Å²) < 4.78 is 0. The highest BCUT2D eigenvalue weighted by molar-refractivity contribution is 8.01. The van der Waals surface area contributed by atoms with Crippen molar-refractivity contribution >= 4 is 23.7 Å². The Bertz CT molecular complexity index is 678. The minimum atomic E-state index is -0.00652. The number of thioether (sulfide) groups is 1. The largest absolute Gasteiger partial charge is 0.340 e. The molecule has 0 bridgehead atoms. The maximum absolute atomic E-state index is 13.0. The van der Waals surface area contributed by atoms with Crippen LogP contribution in [0, 0.1) is 6.92 Å². The average molecular weight is 345 g/mol. The molecule has 4 rings (SSSR count). The van der Waals surface area contributed by atoms with Gasteiger partial charge in [-0.05, 0) is 37.8 Å². The zero-order valence-electron chi connectivity index (χ0n) is 14.0. The Hall–Kier alpha value is -1.69. The van der Waals surface area contributed by atoms with E-state index in [1.807, 2.05) is 9.80 Å². The van der Waals surface area contributed by atoms with E-state index in [-0.39, 0.29) is 23.2 Å². The Labute approximate surface area is 146 Å². The summed E-state index contributed by atoms with van der Waals surface area (Å²) in [6.45, 7) is 5.06. The van der Waals surface area contributed by atoms with E-state index in [0.29, 0.717) is 6.54 Å². The molecule has 3 aliphatic rings. The van der Waals surface area contributed by atoms with Crippen LogP contribution in [0.25, 0.3) is 0 Å². The first-order chi connectivity index (χ1) is 11.6. The first-order valence-electron chi connectivity index (χ1n) is 8.71. The molecule has 5 nitrogen and oxygen atoms in total. The lowest BCUT2D eigenvalue weighted by Gasteiger charge is -2.37. The van der Waals surface area contributed by atoms with Crippen molar-refractivity contribution in [3.05, 3.63) is 29.3 Å². The van der Waals surface area contributed by atoms with Gasteiger partial charge in [-0.2, -0.15) is 0 Å². The van der Waals surface area contributed by atoms with Crippen molar-refractivity contribution in [2.24, 2.45) is 0 Å². The molecule has 24 heavy (non-hydrogen) atoms. The van der Waals surface area contributed by atoms with Crippen LogP contribution in [0.5, 0.6) is 0 Å². The maximum atomic E-state index is 13.0. The SMILES string of the molecule is Cc1ccc2c(c1)SC(C(=O)N1CCCC(N3CCNC3=O)C1)C2. The van der Waals surface area contributed by atoms with Crippen molar-refractivity contribution in [2.45, 2.75) is 42.4 Å². The number of rotatable bonds is 2. The van der Waals surface area contributed by atoms with Gasteiger partial charge in [-0.1, -0.05) is 17.7 Å². The van der Waals surface area contributed by atoms with Crippen LogP contribution in [0.3, 0.4) is 0 Å². The van der Waals surface area contributed by atoms with E-state index >= 15 is 0 Å². The van der Waals surface area contributed by atoms with Gasteiger partial charge in [0, 0.05) is 31.1 Å². The Morgan fingerprint density at radius 3 is 3.00 bits per heavy atom. The third-order valence-electron chi connectivity index (χ3n) is 5.21. The number of hydrogen-bond acceptors (Lipinski definition) is 3. The summed E-state index contributed by atoms with van der Waals surface area (Å²) in [4.78, 5) is 30.0. The molecule has 0 spiro atoms. The molecule has 2 atom stereocenters. The minimum absolute atomic E-state index is 0.00652. The fourth-order valence-corrected chi connectivity index (χ4v) is 5.30. The number of nitrogens with zero attached hydrogens (tertiary/aromatic N) is 2. The Balaban J connectivity index is 1.42. The van der Waals surface area contributed by atoms with Crippen LogP contribution in [-0.4, -0.2) is 59.2 Å². The van der Waals surface area contributed by atoms with Crippen LogP contribution in [0.1, 0.15) is 24.0 Å². The smallest absolute Gasteiger partial charge is 0.317 e. The number of amides is 3. The van der Waals surface area contributed by atoms with Gasteiger partial charge in [-0.15, -0.1) is 11.8 Å². The first kappa shape index (κ1) is 15.8. The van der Waals surface area contributed by atoms with Crippen LogP contribution in [0.4, 0.5) is 4.79 Å². The number of nitrogens with one attached hydrogen (secondary N) is 1. The third-order valence-corrected chi connectivity index (χ3v) is 6.50. The number of piperidine rings is 1. The zero-order valence-corrected chi connectivity index (χ0v) is 14.8. The molecule has 0 aliphatic carbocycles. The highest BCUT2D eigenvalue weighted by atomic mass is 32.2. The summed E-state index contributed by atoms with van der Waals surface area (Å²) in [5.74, 6) is 0.234. The van der Waals surface area contributed by atoms with Gasteiger partial charge in [-0.25, -0.2) is 4.79 Å². The van der Waals surface area contributed by atoms with Crippen molar-refractivity contribution in [3.63, 3.8) is 0 Å². The molecule has 2 fully saturated rings. The van der Waals surface area contributed by atoms with Crippen molar-refractivity contribution < 1.29 is 9.59 Å². The van der Waals surface area contributed by atoms with E-state index in [9.17, 15) is 9.59 Å². The van der Waals surface area contributed by atoms with Crippen molar-refractivity contribution in [2.75, 3.05) is 26.2 Å². The highest BCUT2D eigenvalue weighted by Crippen LogP contribution is 2.38. The normalized spacial score (nSPS) is 26.5. The van der Waals surface area contributed by atoms with E-state index < -0.39 is 0 Å². The number of carbonyl (C=O) groups is 2. The van der Waals surface area contributed by atoms with Gasteiger partial charge in [-0.3, -0.25) is 4.79 Å². The molecule has 3 amide bonds. The number of aryl methyl sites for hydroxylation is 1. The minimum Gasteiger partial charge on any atom is -0.340 e. The summed E-state index contributed by atoms with van der Waals surface area (Å²) >= 11 is 1.70. The number of benzene rings is 1. The second-order valence-electron chi connectivity index (χ2n) is 6.93. The van der Waals surface area contributed by atoms with E-state index in [1.165, 1.54) is 16.0 Å². The highest BCUT2D eigenvalue weighted by Gasteiger charge is 2.36. The van der Waals surface area contributed by atoms with E-state index in [4.69, 9.17) is 0 Å². The van der Waals surface area contributed by atoms with Crippen LogP contribution in [0.15, 0.2) is 23.1 Å². The first-order valence-corrected chi connectivity index (χ1v) is 9.59. The van der Waals surface area contributed by atoms with Gasteiger partial charge in [0.15, 0.2) is 0 Å². The van der Waals surface area contributed by atoms with Crippen LogP contribution < -0.4 is 5.32 Å². The number of likely N-dealkylation sites (tertiary alicyclic amines) is 1. The van der Waals surface area contributed by atoms with Crippen LogP contribution >= 0.6 is 11.8 Å². The van der Waals surface area contributed by atoms with Gasteiger partial charge in [0.25, 0.3) is 0 Å². The zero-order chi connectivity index (χ0) is 16.7. The van der Waals surface area contributed by atoms with Crippen molar-refractivity contribution in [1.29, 1.82) is 0 Å². The van der Waals surface area contributed by atoms with Crippen LogP contribution in [0.2, 0.25) is 0 Å². The fourth-order valence-electron chi connectivity index (χ4n) is 3.92. The topological polar surface area (TPSA) is 52.7 Å². The second-order valence-corrected chi connectivity index (χ2v) is 8.17. The summed E-state index contributed by atoms with van der Waals surface area (Å²) in [6.07, 6.45) is 2.79. The summed E-state index contributed by atoms with van der Waals surface area (Å²) in [6, 6.07) is 6.64. The van der Waals surface area contributed by atoms with Gasteiger partial charge < -0.3 is 15.1 Å². The average Bonchev–Trinajstić information content (AvgIpc) is 3.20. The fraction of sp³-hybridized carbons (Fsp3) is 0.556. The van der Waals surface area contributed by atoms with E-state index in [2.05, 4.69) is 30.4 Å². The Kier molecular flexibility index (Phi) is 4.16. The van der Waals surface area contributed by atoms with E-state index in [1.54, 1.807) is 11.8 Å². The van der Waals surface area contributed by atoms with E-state index in [0.717, 1.165) is 38.9 Å². The predicted molar refractivity (Wildman–Crippen MR) is 94.2 cm³/mol. The Morgan fingerprint density at radius 1 is 1.33 bits per heavy atom. The molecule has 1 aromatic rings. The van der Waals surface area contributed by atoms with Crippen molar-refractivity contribution in [1.82, 2.24) is 15.1 Å². The lowest BCUT2D eigenvalue weighted by atomic mass is 10.0. The van der Waals surface area contributed by atoms with Crippen LogP contribution in [-0.2, 0) is 11.2 Å². The molecule has 2 saturated heterocycles. The molecular formula is C18H23N3O2S. The number of hydrogen-bond donors (Lipinski definition) is 1. The molecule has 1 N–H and O–H groups in total. The molecular weight excluding hydrogens is 322 g/mol.